The molecule has 7 nitrogen and oxygen atoms in total. The number of carbonyl (C=O) groups excluding carboxylic acids is 1. The van der Waals surface area contributed by atoms with Gasteiger partial charge < -0.3 is 9.72 Å². The molecule has 0 saturated carbocycles. The van der Waals surface area contributed by atoms with Crippen LogP contribution >= 0.6 is 0 Å². The van der Waals surface area contributed by atoms with Gasteiger partial charge in [0.2, 0.25) is 0 Å². The minimum absolute atomic E-state index is 0.248. The Hall–Kier alpha value is -3.48. The fraction of sp³-hybridized carbons (Fsp3) is 0.111. The Bertz CT molecular complexity index is 1030. The number of hydrogen-bond acceptors (Lipinski definition) is 4. The van der Waals surface area contributed by atoms with Crippen molar-refractivity contribution in [3.05, 3.63) is 78.3 Å². The van der Waals surface area contributed by atoms with Crippen molar-refractivity contribution in [2.24, 2.45) is 0 Å². The SMILES string of the molecule is Cc1cnc(CNC(=O)c2ccn(-c3ccc4ccccn34)n2)cn1. The Morgan fingerprint density at radius 1 is 1.08 bits per heavy atom. The van der Waals surface area contributed by atoms with Crippen LogP contribution in [-0.4, -0.2) is 30.1 Å². The highest BCUT2D eigenvalue weighted by Crippen LogP contribution is 2.14. The van der Waals surface area contributed by atoms with Gasteiger partial charge in [0.05, 0.1) is 24.1 Å². The normalized spacial score (nSPS) is 10.9. The number of amides is 1. The molecular formula is C18H16N6O. The molecule has 0 aliphatic rings. The second-order valence-electron chi connectivity index (χ2n) is 5.66. The molecule has 0 aromatic carbocycles. The van der Waals surface area contributed by atoms with Crippen molar-refractivity contribution in [1.29, 1.82) is 0 Å². The van der Waals surface area contributed by atoms with E-state index < -0.39 is 0 Å². The number of nitrogens with zero attached hydrogens (tertiary/aromatic N) is 5. The molecule has 124 valence electrons. The summed E-state index contributed by atoms with van der Waals surface area (Å²) in [6, 6.07) is 11.6. The third kappa shape index (κ3) is 2.99. The van der Waals surface area contributed by atoms with Gasteiger partial charge in [0.15, 0.2) is 5.69 Å². The summed E-state index contributed by atoms with van der Waals surface area (Å²) in [5.41, 5.74) is 2.96. The Morgan fingerprint density at radius 3 is 2.84 bits per heavy atom. The van der Waals surface area contributed by atoms with E-state index in [0.717, 1.165) is 17.0 Å². The van der Waals surface area contributed by atoms with Crippen LogP contribution < -0.4 is 5.32 Å². The fourth-order valence-corrected chi connectivity index (χ4v) is 2.57. The number of rotatable bonds is 4. The van der Waals surface area contributed by atoms with Crippen LogP contribution in [0.3, 0.4) is 0 Å². The van der Waals surface area contributed by atoms with E-state index in [1.54, 1.807) is 29.3 Å². The maximum absolute atomic E-state index is 12.3. The predicted molar refractivity (Wildman–Crippen MR) is 92.5 cm³/mol. The lowest BCUT2D eigenvalue weighted by atomic mass is 10.3. The molecule has 0 unspecified atom stereocenters. The summed E-state index contributed by atoms with van der Waals surface area (Å²) >= 11 is 0. The first-order valence-electron chi connectivity index (χ1n) is 7.88. The minimum Gasteiger partial charge on any atom is -0.345 e. The van der Waals surface area contributed by atoms with Crippen LogP contribution in [0.2, 0.25) is 0 Å². The third-order valence-electron chi connectivity index (χ3n) is 3.86. The molecular weight excluding hydrogens is 316 g/mol. The largest absolute Gasteiger partial charge is 0.345 e. The van der Waals surface area contributed by atoms with E-state index in [1.807, 2.05) is 47.9 Å². The maximum atomic E-state index is 12.3. The molecule has 4 aromatic rings. The van der Waals surface area contributed by atoms with Gasteiger partial charge in [-0.05, 0) is 37.3 Å². The summed E-state index contributed by atoms with van der Waals surface area (Å²) in [6.07, 6.45) is 7.06. The minimum atomic E-state index is -0.248. The first-order chi connectivity index (χ1) is 12.2. The fourth-order valence-electron chi connectivity index (χ4n) is 2.57. The molecule has 0 saturated heterocycles. The quantitative estimate of drug-likeness (QED) is 0.621. The average molecular weight is 332 g/mol. The van der Waals surface area contributed by atoms with Crippen LogP contribution in [0.15, 0.2) is 61.2 Å². The van der Waals surface area contributed by atoms with Gasteiger partial charge >= 0.3 is 0 Å². The van der Waals surface area contributed by atoms with E-state index in [-0.39, 0.29) is 5.91 Å². The van der Waals surface area contributed by atoms with Crippen molar-refractivity contribution >= 4 is 11.4 Å². The van der Waals surface area contributed by atoms with Crippen molar-refractivity contribution in [2.45, 2.75) is 13.5 Å². The van der Waals surface area contributed by atoms with Gasteiger partial charge in [-0.25, -0.2) is 4.68 Å². The van der Waals surface area contributed by atoms with E-state index in [4.69, 9.17) is 0 Å². The summed E-state index contributed by atoms with van der Waals surface area (Å²) in [5, 5.41) is 7.18. The van der Waals surface area contributed by atoms with Crippen molar-refractivity contribution in [3.63, 3.8) is 0 Å². The molecule has 0 aliphatic heterocycles. The van der Waals surface area contributed by atoms with Gasteiger partial charge in [0, 0.05) is 24.1 Å². The number of carbonyl (C=O) groups is 1. The van der Waals surface area contributed by atoms with Crippen molar-refractivity contribution in [3.8, 4) is 5.82 Å². The smallest absolute Gasteiger partial charge is 0.272 e. The van der Waals surface area contributed by atoms with Crippen molar-refractivity contribution < 1.29 is 4.79 Å². The number of pyridine rings is 1. The van der Waals surface area contributed by atoms with E-state index in [2.05, 4.69) is 20.4 Å². The Morgan fingerprint density at radius 2 is 2.00 bits per heavy atom. The first-order valence-corrected chi connectivity index (χ1v) is 7.88. The van der Waals surface area contributed by atoms with Crippen LogP contribution in [0.1, 0.15) is 21.9 Å². The van der Waals surface area contributed by atoms with Crippen LogP contribution in [0.5, 0.6) is 0 Å². The Kier molecular flexibility index (Phi) is 3.74. The molecule has 0 aliphatic carbocycles. The van der Waals surface area contributed by atoms with Gasteiger partial charge in [0.1, 0.15) is 5.82 Å². The standard InChI is InChI=1S/C18H16N6O/c1-13-10-20-14(11-19-13)12-21-18(25)16-7-9-24(22-16)17-6-5-15-4-2-3-8-23(15)17/h2-11H,12H2,1H3,(H,21,25). The number of fused-ring (bicyclic) bond motifs is 1. The second-order valence-corrected chi connectivity index (χ2v) is 5.66. The van der Waals surface area contributed by atoms with Gasteiger partial charge in [-0.3, -0.25) is 14.8 Å². The summed E-state index contributed by atoms with van der Waals surface area (Å²) in [5.74, 6) is 0.626. The van der Waals surface area contributed by atoms with Gasteiger partial charge in [-0.2, -0.15) is 5.10 Å². The van der Waals surface area contributed by atoms with Crippen LogP contribution in [0, 0.1) is 6.92 Å². The summed E-state index contributed by atoms with van der Waals surface area (Å²) < 4.78 is 3.70. The molecule has 0 atom stereocenters. The lowest BCUT2D eigenvalue weighted by Crippen LogP contribution is -2.24. The zero-order valence-electron chi connectivity index (χ0n) is 13.6. The molecule has 25 heavy (non-hydrogen) atoms. The number of nitrogens with one attached hydrogen (secondary N) is 1. The lowest BCUT2D eigenvalue weighted by molar-refractivity contribution is 0.0945. The molecule has 0 fully saturated rings. The zero-order chi connectivity index (χ0) is 17.2. The van der Waals surface area contributed by atoms with E-state index >= 15 is 0 Å². The average Bonchev–Trinajstić information content (AvgIpc) is 3.27. The highest BCUT2D eigenvalue weighted by molar-refractivity contribution is 5.92. The van der Waals surface area contributed by atoms with Gasteiger partial charge in [0.25, 0.3) is 5.91 Å². The Labute approximate surface area is 144 Å². The third-order valence-corrected chi connectivity index (χ3v) is 3.86. The number of aromatic nitrogens is 5. The zero-order valence-corrected chi connectivity index (χ0v) is 13.6. The monoisotopic (exact) mass is 332 g/mol. The predicted octanol–water partition coefficient (Wildman–Crippen LogP) is 2.15. The highest BCUT2D eigenvalue weighted by atomic mass is 16.1. The van der Waals surface area contributed by atoms with E-state index in [0.29, 0.717) is 17.9 Å². The van der Waals surface area contributed by atoms with Gasteiger partial charge in [-0.1, -0.05) is 6.07 Å². The second kappa shape index (κ2) is 6.20. The summed E-state index contributed by atoms with van der Waals surface area (Å²) in [6.45, 7) is 2.18. The molecule has 1 N–H and O–H groups in total. The molecule has 0 radical (unpaired) electrons. The van der Waals surface area contributed by atoms with Crippen molar-refractivity contribution in [2.75, 3.05) is 0 Å². The Balaban J connectivity index is 1.50. The van der Waals surface area contributed by atoms with Crippen LogP contribution in [-0.2, 0) is 6.54 Å². The topological polar surface area (TPSA) is 77.1 Å². The highest BCUT2D eigenvalue weighted by Gasteiger charge is 2.12. The number of aryl methyl sites for hydroxylation is 1. The van der Waals surface area contributed by atoms with E-state index in [1.165, 1.54) is 0 Å². The van der Waals surface area contributed by atoms with E-state index in [9.17, 15) is 4.79 Å². The maximum Gasteiger partial charge on any atom is 0.272 e. The summed E-state index contributed by atoms with van der Waals surface area (Å²) in [4.78, 5) is 20.7. The number of hydrogen-bond donors (Lipinski definition) is 1. The van der Waals surface area contributed by atoms with Crippen LogP contribution in [0.25, 0.3) is 11.3 Å². The lowest BCUT2D eigenvalue weighted by Gasteiger charge is -2.04. The molecule has 4 aromatic heterocycles. The molecule has 7 heteroatoms. The van der Waals surface area contributed by atoms with Crippen molar-refractivity contribution in [1.82, 2.24) is 29.5 Å². The molecule has 1 amide bonds. The molecule has 0 spiro atoms. The molecule has 4 heterocycles. The molecule has 0 bridgehead atoms. The molecule has 4 rings (SSSR count). The summed E-state index contributed by atoms with van der Waals surface area (Å²) in [7, 11) is 0. The first kappa shape index (κ1) is 15.1. The van der Waals surface area contributed by atoms with Gasteiger partial charge in [-0.15, -0.1) is 0 Å². The van der Waals surface area contributed by atoms with Crippen LogP contribution in [0.4, 0.5) is 0 Å².